The highest BCUT2D eigenvalue weighted by Gasteiger charge is 2.33. The number of unbranched alkanes of at least 4 members (excludes halogenated alkanes) is 1. The molecule has 1 rings (SSSR count). The number of ketones is 1. The smallest absolute Gasteiger partial charge is 0.302 e. The zero-order valence-electron chi connectivity index (χ0n) is 19.0. The number of hydrogen-bond donors (Lipinski definition) is 0. The van der Waals surface area contributed by atoms with Gasteiger partial charge in [0.1, 0.15) is 5.78 Å². The Labute approximate surface area is 185 Å². The summed E-state index contributed by atoms with van der Waals surface area (Å²) in [6.45, 7) is 12.3. The highest BCUT2D eigenvalue weighted by molar-refractivity contribution is 9.10. The maximum Gasteiger partial charge on any atom is 0.302 e. The molecule has 1 aromatic heterocycles. The Kier molecular flexibility index (Phi) is 11.1. The van der Waals surface area contributed by atoms with Crippen LogP contribution in [0, 0.1) is 24.2 Å². The van der Waals surface area contributed by atoms with Crippen molar-refractivity contribution in [3.8, 4) is 0 Å². The molecule has 0 aromatic carbocycles. The number of aromatic nitrogens is 1. The van der Waals surface area contributed by atoms with Gasteiger partial charge in [0, 0.05) is 41.0 Å². The summed E-state index contributed by atoms with van der Waals surface area (Å²) in [5.74, 6) is 0.342. The summed E-state index contributed by atoms with van der Waals surface area (Å²) < 4.78 is 6.31. The molecular weight excluding hydrogens is 430 g/mol. The van der Waals surface area contributed by atoms with E-state index in [0.29, 0.717) is 18.8 Å². The Morgan fingerprint density at radius 3 is 2.48 bits per heavy atom. The van der Waals surface area contributed by atoms with Gasteiger partial charge in [0.05, 0.1) is 6.61 Å². The molecule has 0 aliphatic heterocycles. The highest BCUT2D eigenvalue weighted by atomic mass is 79.9. The molecule has 1 heterocycles. The number of carbonyl (C=O) groups is 2. The van der Waals surface area contributed by atoms with Crippen molar-refractivity contribution in [3.05, 3.63) is 28.0 Å². The van der Waals surface area contributed by atoms with Crippen molar-refractivity contribution in [3.63, 3.8) is 0 Å². The van der Waals surface area contributed by atoms with Gasteiger partial charge < -0.3 is 4.74 Å². The fourth-order valence-corrected chi connectivity index (χ4v) is 4.21. The summed E-state index contributed by atoms with van der Waals surface area (Å²) in [6.07, 6.45) is 8.08. The van der Waals surface area contributed by atoms with Crippen LogP contribution >= 0.6 is 15.9 Å². The standard InChI is InChI=1S/C24H38BrNO3/c1-7-9-10-19(8-2)23(28)14-20(24(5,6)16-29-18(4)27)11-12-22-17(3)13-21(25)15-26-22/h13,15,19-20H,7-12,14,16H2,1-6H3. The van der Waals surface area contributed by atoms with Crippen molar-refractivity contribution in [1.82, 2.24) is 4.98 Å². The van der Waals surface area contributed by atoms with Gasteiger partial charge in [-0.15, -0.1) is 0 Å². The molecule has 0 spiro atoms. The first kappa shape index (κ1) is 25.8. The monoisotopic (exact) mass is 467 g/mol. The molecule has 2 atom stereocenters. The molecule has 0 aliphatic rings. The molecule has 0 radical (unpaired) electrons. The second kappa shape index (κ2) is 12.5. The molecule has 5 heteroatoms. The number of Topliss-reactive ketones (excluding diaryl/α,β-unsaturated/α-hetero) is 1. The maximum atomic E-state index is 13.1. The number of esters is 1. The third-order valence-electron chi connectivity index (χ3n) is 5.94. The average Bonchev–Trinajstić information content (AvgIpc) is 2.65. The largest absolute Gasteiger partial charge is 0.465 e. The Morgan fingerprint density at radius 1 is 1.24 bits per heavy atom. The third-order valence-corrected chi connectivity index (χ3v) is 6.37. The van der Waals surface area contributed by atoms with E-state index >= 15 is 0 Å². The van der Waals surface area contributed by atoms with Crippen LogP contribution in [0.3, 0.4) is 0 Å². The molecule has 0 fully saturated rings. The highest BCUT2D eigenvalue weighted by Crippen LogP contribution is 2.35. The van der Waals surface area contributed by atoms with Crippen molar-refractivity contribution in [2.45, 2.75) is 86.5 Å². The summed E-state index contributed by atoms with van der Waals surface area (Å²) in [7, 11) is 0. The van der Waals surface area contributed by atoms with Gasteiger partial charge in [-0.25, -0.2) is 0 Å². The molecule has 29 heavy (non-hydrogen) atoms. The van der Waals surface area contributed by atoms with Gasteiger partial charge in [-0.3, -0.25) is 14.6 Å². The third kappa shape index (κ3) is 8.98. The van der Waals surface area contributed by atoms with E-state index in [1.807, 2.05) is 6.20 Å². The van der Waals surface area contributed by atoms with Crippen LogP contribution in [0.5, 0.6) is 0 Å². The minimum Gasteiger partial charge on any atom is -0.465 e. The molecule has 164 valence electrons. The van der Waals surface area contributed by atoms with Crippen LogP contribution in [0.4, 0.5) is 0 Å². The molecule has 0 bridgehead atoms. The zero-order valence-corrected chi connectivity index (χ0v) is 20.6. The Hall–Kier alpha value is -1.23. The number of carbonyl (C=O) groups excluding carboxylic acids is 2. The lowest BCUT2D eigenvalue weighted by Gasteiger charge is -2.34. The number of aryl methyl sites for hydroxylation is 2. The second-order valence-corrected chi connectivity index (χ2v) is 9.76. The molecule has 0 aliphatic carbocycles. The van der Waals surface area contributed by atoms with Gasteiger partial charge in [0.15, 0.2) is 0 Å². The van der Waals surface area contributed by atoms with E-state index in [4.69, 9.17) is 4.74 Å². The summed E-state index contributed by atoms with van der Waals surface area (Å²) in [5.41, 5.74) is 1.94. The van der Waals surface area contributed by atoms with Crippen LogP contribution in [0.1, 0.15) is 84.4 Å². The number of halogens is 1. The summed E-state index contributed by atoms with van der Waals surface area (Å²) in [4.78, 5) is 29.0. The zero-order chi connectivity index (χ0) is 22.0. The Bertz CT molecular complexity index is 672. The minimum absolute atomic E-state index is 0.134. The van der Waals surface area contributed by atoms with Crippen molar-refractivity contribution >= 4 is 27.7 Å². The quantitative estimate of drug-likeness (QED) is 0.312. The average molecular weight is 468 g/mol. The Balaban J connectivity index is 2.94. The number of ether oxygens (including phenoxy) is 1. The van der Waals surface area contributed by atoms with Crippen LogP contribution < -0.4 is 0 Å². The van der Waals surface area contributed by atoms with Crippen LogP contribution in [-0.2, 0) is 20.7 Å². The van der Waals surface area contributed by atoms with Crippen LogP contribution in [0.25, 0.3) is 0 Å². The first-order valence-corrected chi connectivity index (χ1v) is 11.7. The van der Waals surface area contributed by atoms with Gasteiger partial charge in [0.25, 0.3) is 0 Å². The molecule has 2 unspecified atom stereocenters. The van der Waals surface area contributed by atoms with Gasteiger partial charge in [-0.05, 0) is 66.1 Å². The van der Waals surface area contributed by atoms with Gasteiger partial charge in [0.2, 0.25) is 0 Å². The summed E-state index contributed by atoms with van der Waals surface area (Å²) in [6, 6.07) is 2.07. The first-order valence-electron chi connectivity index (χ1n) is 10.9. The van der Waals surface area contributed by atoms with E-state index in [9.17, 15) is 9.59 Å². The molecule has 0 saturated carbocycles. The molecule has 1 aromatic rings. The lowest BCUT2D eigenvalue weighted by molar-refractivity contribution is -0.145. The molecule has 4 nitrogen and oxygen atoms in total. The van der Waals surface area contributed by atoms with E-state index in [0.717, 1.165) is 54.3 Å². The molecule has 0 amide bonds. The maximum absolute atomic E-state index is 13.1. The fraction of sp³-hybridized carbons (Fsp3) is 0.708. The molecule has 0 N–H and O–H groups in total. The summed E-state index contributed by atoms with van der Waals surface area (Å²) in [5, 5.41) is 0. The van der Waals surface area contributed by atoms with Crippen LogP contribution in [-0.4, -0.2) is 23.3 Å². The van der Waals surface area contributed by atoms with Crippen molar-refractivity contribution in [1.29, 1.82) is 0 Å². The van der Waals surface area contributed by atoms with Crippen molar-refractivity contribution < 1.29 is 14.3 Å². The van der Waals surface area contributed by atoms with E-state index in [-0.39, 0.29) is 23.2 Å². The number of rotatable bonds is 13. The van der Waals surface area contributed by atoms with E-state index in [2.05, 4.69) is 61.6 Å². The van der Waals surface area contributed by atoms with E-state index < -0.39 is 0 Å². The van der Waals surface area contributed by atoms with Crippen molar-refractivity contribution in [2.75, 3.05) is 6.61 Å². The number of nitrogens with zero attached hydrogens (tertiary/aromatic N) is 1. The summed E-state index contributed by atoms with van der Waals surface area (Å²) >= 11 is 3.46. The predicted octanol–water partition coefficient (Wildman–Crippen LogP) is 6.47. The fourth-order valence-electron chi connectivity index (χ4n) is 3.77. The first-order chi connectivity index (χ1) is 13.6. The van der Waals surface area contributed by atoms with Crippen LogP contribution in [0.15, 0.2) is 16.7 Å². The van der Waals surface area contributed by atoms with E-state index in [1.165, 1.54) is 6.92 Å². The number of hydrogen-bond acceptors (Lipinski definition) is 4. The lowest BCUT2D eigenvalue weighted by atomic mass is 9.72. The van der Waals surface area contributed by atoms with Crippen LogP contribution in [0.2, 0.25) is 0 Å². The minimum atomic E-state index is -0.275. The Morgan fingerprint density at radius 2 is 1.93 bits per heavy atom. The SMILES string of the molecule is CCCCC(CC)C(=O)CC(CCc1ncc(Br)cc1C)C(C)(C)COC(C)=O. The van der Waals surface area contributed by atoms with Gasteiger partial charge in [-0.2, -0.15) is 0 Å². The predicted molar refractivity (Wildman–Crippen MR) is 122 cm³/mol. The lowest BCUT2D eigenvalue weighted by Crippen LogP contribution is -2.33. The topological polar surface area (TPSA) is 56.3 Å². The van der Waals surface area contributed by atoms with Crippen molar-refractivity contribution in [2.24, 2.45) is 17.3 Å². The van der Waals surface area contributed by atoms with E-state index in [1.54, 1.807) is 0 Å². The second-order valence-electron chi connectivity index (χ2n) is 8.84. The number of pyridine rings is 1. The van der Waals surface area contributed by atoms with Gasteiger partial charge in [-0.1, -0.05) is 40.5 Å². The molecule has 0 saturated heterocycles. The van der Waals surface area contributed by atoms with Gasteiger partial charge >= 0.3 is 5.97 Å². The normalized spacial score (nSPS) is 13.8. The molecular formula is C24H38BrNO3.